The number of nitrogens with zero attached hydrogens (tertiary/aromatic N) is 3. The second-order valence-corrected chi connectivity index (χ2v) is 10.5. The minimum Gasteiger partial charge on any atom is -0.241 e. The van der Waals surface area contributed by atoms with Crippen LogP contribution in [0, 0.1) is 0 Å². The molecule has 150 valence electrons. The average Bonchev–Trinajstić information content (AvgIpc) is 3.35. The van der Waals surface area contributed by atoms with Gasteiger partial charge in [-0.25, -0.2) is 18.4 Å². The molecule has 8 heteroatoms. The summed E-state index contributed by atoms with van der Waals surface area (Å²) in [5.74, 6) is 0. The zero-order chi connectivity index (χ0) is 20.4. The first-order chi connectivity index (χ1) is 14.0. The summed E-state index contributed by atoms with van der Waals surface area (Å²) < 4.78 is 27.9. The SMILES string of the molecule is CCN(CC)S(=O)(=O)c1ccc(-c2csc(Cc3nc4ccccc4s3)n2)cc1. The molecule has 0 unspecified atom stereocenters. The van der Waals surface area contributed by atoms with Crippen molar-refractivity contribution in [3.05, 3.63) is 63.9 Å². The number of fused-ring (bicyclic) bond motifs is 1. The van der Waals surface area contributed by atoms with E-state index in [2.05, 4.69) is 11.1 Å². The fraction of sp³-hybridized carbons (Fsp3) is 0.238. The Morgan fingerprint density at radius 3 is 2.34 bits per heavy atom. The molecule has 0 atom stereocenters. The molecule has 0 bridgehead atoms. The smallest absolute Gasteiger partial charge is 0.241 e. The Kier molecular flexibility index (Phi) is 5.78. The van der Waals surface area contributed by atoms with Gasteiger partial charge in [-0.05, 0) is 24.3 Å². The van der Waals surface area contributed by atoms with E-state index in [4.69, 9.17) is 4.98 Å². The molecule has 29 heavy (non-hydrogen) atoms. The van der Waals surface area contributed by atoms with E-state index >= 15 is 0 Å². The molecule has 0 N–H and O–H groups in total. The zero-order valence-electron chi connectivity index (χ0n) is 16.2. The summed E-state index contributed by atoms with van der Waals surface area (Å²) in [7, 11) is -3.44. The summed E-state index contributed by atoms with van der Waals surface area (Å²) in [5, 5.41) is 4.06. The first-order valence-electron chi connectivity index (χ1n) is 9.40. The highest BCUT2D eigenvalue weighted by Gasteiger charge is 2.21. The molecule has 0 aliphatic rings. The van der Waals surface area contributed by atoms with Crippen molar-refractivity contribution in [2.75, 3.05) is 13.1 Å². The van der Waals surface area contributed by atoms with Gasteiger partial charge in [0.2, 0.25) is 10.0 Å². The van der Waals surface area contributed by atoms with Crippen LogP contribution in [-0.2, 0) is 16.4 Å². The lowest BCUT2D eigenvalue weighted by molar-refractivity contribution is 0.445. The maximum Gasteiger partial charge on any atom is 0.243 e. The van der Waals surface area contributed by atoms with Crippen molar-refractivity contribution in [2.45, 2.75) is 25.2 Å². The van der Waals surface area contributed by atoms with Gasteiger partial charge in [0.15, 0.2) is 0 Å². The monoisotopic (exact) mass is 443 g/mol. The zero-order valence-corrected chi connectivity index (χ0v) is 18.6. The van der Waals surface area contributed by atoms with Crippen LogP contribution in [0.1, 0.15) is 23.9 Å². The summed E-state index contributed by atoms with van der Waals surface area (Å²) in [4.78, 5) is 9.72. The van der Waals surface area contributed by atoms with Crippen LogP contribution >= 0.6 is 22.7 Å². The standard InChI is InChI=1S/C21H21N3O2S3/c1-3-24(4-2)29(25,26)16-11-9-15(10-12-16)18-14-27-20(23-18)13-21-22-17-7-5-6-8-19(17)28-21/h5-12,14H,3-4,13H2,1-2H3. The molecule has 0 aliphatic heterocycles. The van der Waals surface area contributed by atoms with Crippen molar-refractivity contribution in [3.63, 3.8) is 0 Å². The van der Waals surface area contributed by atoms with Crippen LogP contribution in [0.15, 0.2) is 58.8 Å². The van der Waals surface area contributed by atoms with Gasteiger partial charge in [0.25, 0.3) is 0 Å². The van der Waals surface area contributed by atoms with E-state index in [1.807, 2.05) is 49.6 Å². The topological polar surface area (TPSA) is 63.2 Å². The fourth-order valence-corrected chi connectivity index (χ4v) is 6.49. The second-order valence-electron chi connectivity index (χ2n) is 6.49. The minimum atomic E-state index is -3.44. The molecule has 4 aromatic rings. The number of para-hydroxylation sites is 1. The second kappa shape index (κ2) is 8.31. The van der Waals surface area contributed by atoms with Crippen molar-refractivity contribution in [2.24, 2.45) is 0 Å². The predicted molar refractivity (Wildman–Crippen MR) is 120 cm³/mol. The highest BCUT2D eigenvalue weighted by molar-refractivity contribution is 7.89. The first-order valence-corrected chi connectivity index (χ1v) is 12.5. The quantitative estimate of drug-likeness (QED) is 0.401. The lowest BCUT2D eigenvalue weighted by Gasteiger charge is -2.18. The molecular formula is C21H21N3O2S3. The van der Waals surface area contributed by atoms with Gasteiger partial charge in [-0.15, -0.1) is 22.7 Å². The van der Waals surface area contributed by atoms with Gasteiger partial charge in [0.1, 0.15) is 10.0 Å². The van der Waals surface area contributed by atoms with E-state index < -0.39 is 10.0 Å². The molecule has 0 amide bonds. The lowest BCUT2D eigenvalue weighted by Crippen LogP contribution is -2.30. The van der Waals surface area contributed by atoms with Gasteiger partial charge < -0.3 is 0 Å². The molecular weight excluding hydrogens is 422 g/mol. The molecule has 0 fully saturated rings. The lowest BCUT2D eigenvalue weighted by atomic mass is 10.2. The molecule has 0 saturated heterocycles. The summed E-state index contributed by atoms with van der Waals surface area (Å²) in [6.07, 6.45) is 0.707. The van der Waals surface area contributed by atoms with Crippen LogP contribution in [-0.4, -0.2) is 35.8 Å². The van der Waals surface area contributed by atoms with E-state index in [9.17, 15) is 8.42 Å². The number of benzene rings is 2. The van der Waals surface area contributed by atoms with Crippen LogP contribution < -0.4 is 0 Å². The largest absolute Gasteiger partial charge is 0.243 e. The number of thiazole rings is 2. The number of rotatable bonds is 7. The number of hydrogen-bond donors (Lipinski definition) is 0. The predicted octanol–water partition coefficient (Wildman–Crippen LogP) is 5.04. The number of sulfonamides is 1. The van der Waals surface area contributed by atoms with Crippen LogP contribution in [0.25, 0.3) is 21.5 Å². The maximum atomic E-state index is 12.6. The summed E-state index contributed by atoms with van der Waals surface area (Å²) >= 11 is 3.29. The molecule has 5 nitrogen and oxygen atoms in total. The molecule has 4 rings (SSSR count). The molecule has 2 aromatic carbocycles. The third-order valence-corrected chi connectivity index (χ3v) is 8.63. The molecule has 2 aromatic heterocycles. The fourth-order valence-electron chi connectivity index (χ4n) is 3.16. The van der Waals surface area contributed by atoms with E-state index in [0.29, 0.717) is 24.4 Å². The average molecular weight is 444 g/mol. The highest BCUT2D eigenvalue weighted by Crippen LogP contribution is 2.28. The Morgan fingerprint density at radius 2 is 1.66 bits per heavy atom. The van der Waals surface area contributed by atoms with Crippen molar-refractivity contribution in [1.82, 2.24) is 14.3 Å². The van der Waals surface area contributed by atoms with E-state index in [-0.39, 0.29) is 0 Å². The Labute approximate surface area is 178 Å². The third kappa shape index (κ3) is 4.11. The van der Waals surface area contributed by atoms with Crippen molar-refractivity contribution in [1.29, 1.82) is 0 Å². The number of hydrogen-bond acceptors (Lipinski definition) is 6. The van der Waals surface area contributed by atoms with Crippen LogP contribution in [0.4, 0.5) is 0 Å². The summed E-state index contributed by atoms with van der Waals surface area (Å²) in [6, 6.07) is 15.1. The van der Waals surface area contributed by atoms with Crippen LogP contribution in [0.3, 0.4) is 0 Å². The molecule has 0 saturated carbocycles. The Bertz CT molecular complexity index is 1190. The summed E-state index contributed by atoms with van der Waals surface area (Å²) in [5.41, 5.74) is 2.79. The Balaban J connectivity index is 1.53. The molecule has 2 heterocycles. The Hall–Kier alpha value is -2.13. The van der Waals surface area contributed by atoms with E-state index in [1.54, 1.807) is 34.8 Å². The van der Waals surface area contributed by atoms with Gasteiger partial charge >= 0.3 is 0 Å². The Morgan fingerprint density at radius 1 is 0.931 bits per heavy atom. The summed E-state index contributed by atoms with van der Waals surface area (Å²) in [6.45, 7) is 4.61. The van der Waals surface area contributed by atoms with Gasteiger partial charge in [-0.3, -0.25) is 0 Å². The van der Waals surface area contributed by atoms with Gasteiger partial charge in [0, 0.05) is 24.0 Å². The van der Waals surface area contributed by atoms with Crippen LogP contribution in [0.2, 0.25) is 0 Å². The highest BCUT2D eigenvalue weighted by atomic mass is 32.2. The van der Waals surface area contributed by atoms with Gasteiger partial charge in [0.05, 0.1) is 27.2 Å². The van der Waals surface area contributed by atoms with Gasteiger partial charge in [-0.1, -0.05) is 38.1 Å². The minimum absolute atomic E-state index is 0.315. The molecule has 0 radical (unpaired) electrons. The third-order valence-electron chi connectivity index (χ3n) is 4.69. The van der Waals surface area contributed by atoms with Crippen molar-refractivity contribution in [3.8, 4) is 11.3 Å². The van der Waals surface area contributed by atoms with Crippen LogP contribution in [0.5, 0.6) is 0 Å². The number of aromatic nitrogens is 2. The normalized spacial score (nSPS) is 12.1. The first kappa shape index (κ1) is 20.2. The molecule has 0 aliphatic carbocycles. The van der Waals surface area contributed by atoms with Crippen molar-refractivity contribution >= 4 is 42.9 Å². The van der Waals surface area contributed by atoms with Gasteiger partial charge in [-0.2, -0.15) is 4.31 Å². The molecule has 0 spiro atoms. The van der Waals surface area contributed by atoms with E-state index in [0.717, 1.165) is 26.8 Å². The van der Waals surface area contributed by atoms with E-state index in [1.165, 1.54) is 9.01 Å². The maximum absolute atomic E-state index is 12.6. The van der Waals surface area contributed by atoms with Crippen molar-refractivity contribution < 1.29 is 8.42 Å².